The minimum atomic E-state index is -0.183. The molecule has 0 aliphatic carbocycles. The van der Waals surface area contributed by atoms with Gasteiger partial charge in [0.1, 0.15) is 0 Å². The number of rotatable bonds is 2. The fourth-order valence-corrected chi connectivity index (χ4v) is 1.70. The number of hydrogen-bond acceptors (Lipinski definition) is 3. The van der Waals surface area contributed by atoms with Gasteiger partial charge in [-0.2, -0.15) is 5.06 Å². The van der Waals surface area contributed by atoms with E-state index in [1.54, 1.807) is 9.96 Å². The topological polar surface area (TPSA) is 44.8 Å². The smallest absolute Gasteiger partial charge is 0.317 e. The lowest BCUT2D eigenvalue weighted by Crippen LogP contribution is -2.48. The lowest BCUT2D eigenvalue weighted by atomic mass is 10.1. The van der Waals surface area contributed by atoms with Gasteiger partial charge in [0.15, 0.2) is 0 Å². The van der Waals surface area contributed by atoms with Crippen LogP contribution < -0.4 is 5.32 Å². The second-order valence-electron chi connectivity index (χ2n) is 5.45. The fraction of sp³-hybridized carbons (Fsp3) is 0.909. The molecule has 0 spiro atoms. The van der Waals surface area contributed by atoms with Crippen LogP contribution in [0.3, 0.4) is 0 Å². The van der Waals surface area contributed by atoms with E-state index in [1.165, 1.54) is 0 Å². The Balaban J connectivity index is 2.38. The summed E-state index contributed by atoms with van der Waals surface area (Å²) in [6, 6.07) is -0.00245. The van der Waals surface area contributed by atoms with Crippen LogP contribution in [0.5, 0.6) is 0 Å². The first kappa shape index (κ1) is 13.3. The van der Waals surface area contributed by atoms with Crippen LogP contribution >= 0.6 is 0 Å². The summed E-state index contributed by atoms with van der Waals surface area (Å²) < 4.78 is 0. The molecule has 0 saturated carbocycles. The van der Waals surface area contributed by atoms with Gasteiger partial charge in [0, 0.05) is 26.2 Å². The third-order valence-electron chi connectivity index (χ3n) is 2.27. The molecular formula is C11H23N3O2. The van der Waals surface area contributed by atoms with Crippen molar-refractivity contribution in [1.82, 2.24) is 15.3 Å². The molecule has 16 heavy (non-hydrogen) atoms. The second-order valence-corrected chi connectivity index (χ2v) is 5.45. The summed E-state index contributed by atoms with van der Waals surface area (Å²) in [6.45, 7) is 7.37. The summed E-state index contributed by atoms with van der Waals surface area (Å²) in [5.74, 6) is 0. The number of nitrogens with zero attached hydrogens (tertiary/aromatic N) is 2. The van der Waals surface area contributed by atoms with Crippen LogP contribution in [0.2, 0.25) is 0 Å². The largest absolute Gasteiger partial charge is 0.333 e. The van der Waals surface area contributed by atoms with Crippen molar-refractivity contribution in [2.75, 3.05) is 27.2 Å². The average molecular weight is 229 g/mol. The van der Waals surface area contributed by atoms with Crippen molar-refractivity contribution in [3.63, 3.8) is 0 Å². The van der Waals surface area contributed by atoms with Crippen molar-refractivity contribution in [1.29, 1.82) is 0 Å². The van der Waals surface area contributed by atoms with Gasteiger partial charge in [-0.3, -0.25) is 4.84 Å². The van der Waals surface area contributed by atoms with E-state index in [4.69, 9.17) is 4.84 Å². The molecule has 1 atom stereocenters. The van der Waals surface area contributed by atoms with Gasteiger partial charge >= 0.3 is 6.03 Å². The summed E-state index contributed by atoms with van der Waals surface area (Å²) in [5, 5.41) is 4.64. The van der Waals surface area contributed by atoms with Crippen LogP contribution in [0.25, 0.3) is 0 Å². The predicted molar refractivity (Wildman–Crippen MR) is 63.0 cm³/mol. The number of hydroxylamine groups is 2. The Morgan fingerprint density at radius 1 is 1.44 bits per heavy atom. The third-order valence-corrected chi connectivity index (χ3v) is 2.27. The molecule has 1 N–H and O–H groups in total. The molecule has 1 aliphatic rings. The summed E-state index contributed by atoms with van der Waals surface area (Å²) >= 11 is 0. The zero-order valence-electron chi connectivity index (χ0n) is 10.9. The first-order valence-electron chi connectivity index (χ1n) is 5.69. The highest BCUT2D eigenvalue weighted by atomic mass is 16.7. The van der Waals surface area contributed by atoms with E-state index in [1.807, 2.05) is 34.9 Å². The molecule has 1 fully saturated rings. The number of likely N-dealkylation sites (tertiary alicyclic amines) is 1. The van der Waals surface area contributed by atoms with Crippen molar-refractivity contribution >= 4 is 6.03 Å². The molecule has 94 valence electrons. The predicted octanol–water partition coefficient (Wildman–Crippen LogP) is 1.06. The Morgan fingerprint density at radius 3 is 2.56 bits per heavy atom. The summed E-state index contributed by atoms with van der Waals surface area (Å²) in [7, 11) is 3.72. The zero-order chi connectivity index (χ0) is 12.3. The molecule has 0 aromatic heterocycles. The zero-order valence-corrected chi connectivity index (χ0v) is 10.9. The van der Waals surface area contributed by atoms with Gasteiger partial charge in [-0.25, -0.2) is 4.79 Å². The first-order chi connectivity index (χ1) is 7.28. The molecule has 5 heteroatoms. The number of hydrogen-bond donors (Lipinski definition) is 1. The molecule has 1 aliphatic heterocycles. The van der Waals surface area contributed by atoms with E-state index in [0.717, 1.165) is 13.0 Å². The molecule has 0 bridgehead atoms. The van der Waals surface area contributed by atoms with Crippen molar-refractivity contribution < 1.29 is 9.63 Å². The lowest BCUT2D eigenvalue weighted by molar-refractivity contribution is -0.158. The van der Waals surface area contributed by atoms with Crippen molar-refractivity contribution in [2.24, 2.45) is 0 Å². The van der Waals surface area contributed by atoms with Gasteiger partial charge in [-0.15, -0.1) is 0 Å². The third kappa shape index (κ3) is 4.37. The minimum absolute atomic E-state index is 0.00245. The van der Waals surface area contributed by atoms with Crippen LogP contribution in [0.4, 0.5) is 4.79 Å². The quantitative estimate of drug-likeness (QED) is 0.720. The molecule has 1 rings (SSSR count). The van der Waals surface area contributed by atoms with Gasteiger partial charge in [-0.1, -0.05) is 0 Å². The lowest BCUT2D eigenvalue weighted by Gasteiger charge is -2.25. The highest BCUT2D eigenvalue weighted by molar-refractivity contribution is 5.75. The SMILES string of the molecule is CN(C)O[C@@H]1CCN(C(=O)NC(C)(C)C)C1. The van der Waals surface area contributed by atoms with E-state index in [2.05, 4.69) is 5.32 Å². The van der Waals surface area contributed by atoms with Gasteiger partial charge in [0.05, 0.1) is 12.6 Å². The molecule has 0 aromatic rings. The first-order valence-corrected chi connectivity index (χ1v) is 5.69. The van der Waals surface area contributed by atoms with Crippen molar-refractivity contribution in [3.8, 4) is 0 Å². The number of carbonyl (C=O) groups is 1. The van der Waals surface area contributed by atoms with Crippen LogP contribution in [-0.2, 0) is 4.84 Å². The van der Waals surface area contributed by atoms with Crippen LogP contribution in [0.15, 0.2) is 0 Å². The van der Waals surface area contributed by atoms with Gasteiger partial charge < -0.3 is 10.2 Å². The Kier molecular flexibility index (Phi) is 4.15. The molecule has 1 saturated heterocycles. The standard InChI is InChI=1S/C11H23N3O2/c1-11(2,3)12-10(15)14-7-6-9(8-14)16-13(4)5/h9H,6-8H2,1-5H3,(H,12,15)/t9-/m1/s1. The van der Waals surface area contributed by atoms with E-state index in [9.17, 15) is 4.79 Å². The van der Waals surface area contributed by atoms with Crippen LogP contribution in [0.1, 0.15) is 27.2 Å². The van der Waals surface area contributed by atoms with E-state index < -0.39 is 0 Å². The Hall–Kier alpha value is -0.810. The van der Waals surface area contributed by atoms with E-state index in [-0.39, 0.29) is 17.7 Å². The normalized spacial score (nSPS) is 21.6. The van der Waals surface area contributed by atoms with E-state index in [0.29, 0.717) is 6.54 Å². The maximum absolute atomic E-state index is 11.8. The Labute approximate surface area is 97.7 Å². The summed E-state index contributed by atoms with van der Waals surface area (Å²) in [4.78, 5) is 19.2. The Morgan fingerprint density at radius 2 is 2.06 bits per heavy atom. The maximum Gasteiger partial charge on any atom is 0.317 e. The monoisotopic (exact) mass is 229 g/mol. The van der Waals surface area contributed by atoms with Gasteiger partial charge in [0.2, 0.25) is 0 Å². The molecule has 0 unspecified atom stereocenters. The van der Waals surface area contributed by atoms with E-state index >= 15 is 0 Å². The molecule has 1 heterocycles. The summed E-state index contributed by atoms with van der Waals surface area (Å²) in [5.41, 5.74) is -0.183. The Bertz CT molecular complexity index is 248. The fourth-order valence-electron chi connectivity index (χ4n) is 1.70. The number of urea groups is 1. The van der Waals surface area contributed by atoms with Crippen LogP contribution in [0, 0.1) is 0 Å². The molecular weight excluding hydrogens is 206 g/mol. The minimum Gasteiger partial charge on any atom is -0.333 e. The highest BCUT2D eigenvalue weighted by Gasteiger charge is 2.29. The number of carbonyl (C=O) groups excluding carboxylic acids is 1. The maximum atomic E-state index is 11.8. The van der Waals surface area contributed by atoms with Crippen molar-refractivity contribution in [2.45, 2.75) is 38.8 Å². The van der Waals surface area contributed by atoms with Gasteiger partial charge in [-0.05, 0) is 27.2 Å². The number of nitrogens with one attached hydrogen (secondary N) is 1. The molecule has 5 nitrogen and oxygen atoms in total. The molecule has 0 radical (unpaired) electrons. The van der Waals surface area contributed by atoms with Crippen LogP contribution in [-0.4, -0.2) is 54.8 Å². The second kappa shape index (κ2) is 5.01. The summed E-state index contributed by atoms with van der Waals surface area (Å²) in [6.07, 6.45) is 1.02. The van der Waals surface area contributed by atoms with Gasteiger partial charge in [0.25, 0.3) is 0 Å². The number of amides is 2. The molecule has 0 aromatic carbocycles. The molecule has 2 amide bonds. The van der Waals surface area contributed by atoms with Crippen molar-refractivity contribution in [3.05, 3.63) is 0 Å². The average Bonchev–Trinajstić information content (AvgIpc) is 2.48. The highest BCUT2D eigenvalue weighted by Crippen LogP contribution is 2.14.